The van der Waals surface area contributed by atoms with E-state index in [-0.39, 0.29) is 10.9 Å². The minimum absolute atomic E-state index is 0.189. The summed E-state index contributed by atoms with van der Waals surface area (Å²) in [6, 6.07) is 5.69. The molecule has 0 amide bonds. The van der Waals surface area contributed by atoms with Crippen molar-refractivity contribution >= 4 is 10.0 Å². The molecule has 0 radical (unpaired) electrons. The summed E-state index contributed by atoms with van der Waals surface area (Å²) in [5.41, 5.74) is 3.74. The van der Waals surface area contributed by atoms with Crippen LogP contribution in [-0.4, -0.2) is 18.6 Å². The van der Waals surface area contributed by atoms with Gasteiger partial charge in [0.2, 0.25) is 10.0 Å². The van der Waals surface area contributed by atoms with E-state index in [1.165, 1.54) is 6.20 Å². The van der Waals surface area contributed by atoms with Crippen LogP contribution < -0.4 is 4.72 Å². The normalized spacial score (nSPS) is 13.4. The molecule has 1 aromatic carbocycles. The van der Waals surface area contributed by atoms with E-state index in [9.17, 15) is 8.42 Å². The zero-order valence-electron chi connectivity index (χ0n) is 12.1. The van der Waals surface area contributed by atoms with Gasteiger partial charge in [-0.3, -0.25) is 5.10 Å². The summed E-state index contributed by atoms with van der Waals surface area (Å²) in [6.07, 6.45) is 1.33. The van der Waals surface area contributed by atoms with Crippen LogP contribution in [-0.2, 0) is 10.0 Å². The van der Waals surface area contributed by atoms with E-state index in [1.54, 1.807) is 6.92 Å². The van der Waals surface area contributed by atoms with Crippen molar-refractivity contribution in [2.24, 2.45) is 0 Å². The van der Waals surface area contributed by atoms with Gasteiger partial charge in [-0.05, 0) is 38.8 Å². The fourth-order valence-electron chi connectivity index (χ4n) is 2.28. The number of aromatic amines is 1. The summed E-state index contributed by atoms with van der Waals surface area (Å²) in [5.74, 6) is 0. The average Bonchev–Trinajstić information content (AvgIpc) is 2.75. The molecule has 1 unspecified atom stereocenters. The fourth-order valence-corrected chi connectivity index (χ4v) is 3.64. The molecule has 0 bridgehead atoms. The van der Waals surface area contributed by atoms with Crippen molar-refractivity contribution in [3.05, 3.63) is 46.8 Å². The van der Waals surface area contributed by atoms with Crippen LogP contribution in [0, 0.1) is 20.8 Å². The SMILES string of the molecule is Cc1ccc(C(C)NS(=O)(=O)c2cn[nH]c2C)c(C)c1. The van der Waals surface area contributed by atoms with Gasteiger partial charge in [0, 0.05) is 6.04 Å². The highest BCUT2D eigenvalue weighted by Gasteiger charge is 2.22. The van der Waals surface area contributed by atoms with Gasteiger partial charge in [-0.1, -0.05) is 23.8 Å². The van der Waals surface area contributed by atoms with E-state index < -0.39 is 10.0 Å². The quantitative estimate of drug-likeness (QED) is 0.908. The molecule has 2 aromatic rings. The van der Waals surface area contributed by atoms with Crippen LogP contribution in [0.3, 0.4) is 0 Å². The molecule has 0 fully saturated rings. The number of sulfonamides is 1. The molecule has 1 atom stereocenters. The first-order valence-corrected chi connectivity index (χ1v) is 7.89. The summed E-state index contributed by atoms with van der Waals surface area (Å²) in [7, 11) is -3.57. The Morgan fingerprint density at radius 2 is 1.95 bits per heavy atom. The molecule has 0 spiro atoms. The number of H-pyrrole nitrogens is 1. The molecule has 6 heteroatoms. The van der Waals surface area contributed by atoms with Gasteiger partial charge in [0.25, 0.3) is 0 Å². The van der Waals surface area contributed by atoms with Crippen LogP contribution in [0.15, 0.2) is 29.3 Å². The molecule has 0 saturated heterocycles. The lowest BCUT2D eigenvalue weighted by Gasteiger charge is -2.17. The first-order chi connectivity index (χ1) is 9.31. The zero-order valence-corrected chi connectivity index (χ0v) is 12.9. The van der Waals surface area contributed by atoms with Gasteiger partial charge in [-0.25, -0.2) is 13.1 Å². The van der Waals surface area contributed by atoms with Gasteiger partial charge in [0.1, 0.15) is 4.90 Å². The Hall–Kier alpha value is -1.66. The Morgan fingerprint density at radius 1 is 1.25 bits per heavy atom. The number of aryl methyl sites for hydroxylation is 3. The van der Waals surface area contributed by atoms with Crippen molar-refractivity contribution in [1.82, 2.24) is 14.9 Å². The second-order valence-corrected chi connectivity index (χ2v) is 6.74. The molecule has 108 valence electrons. The predicted octanol–water partition coefficient (Wildman–Crippen LogP) is 2.37. The Kier molecular flexibility index (Phi) is 3.96. The van der Waals surface area contributed by atoms with Crippen LogP contribution >= 0.6 is 0 Å². The summed E-state index contributed by atoms with van der Waals surface area (Å²) in [6.45, 7) is 7.52. The van der Waals surface area contributed by atoms with Crippen molar-refractivity contribution in [1.29, 1.82) is 0 Å². The minimum Gasteiger partial charge on any atom is -0.281 e. The van der Waals surface area contributed by atoms with Crippen molar-refractivity contribution in [2.45, 2.75) is 38.6 Å². The molecule has 2 N–H and O–H groups in total. The number of nitrogens with one attached hydrogen (secondary N) is 2. The van der Waals surface area contributed by atoms with Crippen LogP contribution in [0.1, 0.15) is 35.3 Å². The first-order valence-electron chi connectivity index (χ1n) is 6.40. The maximum absolute atomic E-state index is 12.3. The van der Waals surface area contributed by atoms with Gasteiger partial charge in [0.05, 0.1) is 11.9 Å². The van der Waals surface area contributed by atoms with Gasteiger partial charge in [-0.2, -0.15) is 5.10 Å². The standard InChI is InChI=1S/C14H19N3O2S/c1-9-5-6-13(10(2)7-9)11(3)17-20(18,19)14-8-15-16-12(14)4/h5-8,11,17H,1-4H3,(H,15,16). The maximum atomic E-state index is 12.3. The third-order valence-corrected chi connectivity index (χ3v) is 4.95. The molecular formula is C14H19N3O2S. The molecule has 0 aliphatic rings. The van der Waals surface area contributed by atoms with Crippen LogP contribution in [0.2, 0.25) is 0 Å². The summed E-state index contributed by atoms with van der Waals surface area (Å²) in [5, 5.41) is 6.39. The maximum Gasteiger partial charge on any atom is 0.244 e. The predicted molar refractivity (Wildman–Crippen MR) is 78.0 cm³/mol. The number of nitrogens with zero attached hydrogens (tertiary/aromatic N) is 1. The molecule has 0 saturated carbocycles. The van der Waals surface area contributed by atoms with Crippen molar-refractivity contribution in [3.8, 4) is 0 Å². The van der Waals surface area contributed by atoms with E-state index in [4.69, 9.17) is 0 Å². The second-order valence-electron chi connectivity index (χ2n) is 5.06. The van der Waals surface area contributed by atoms with Gasteiger partial charge in [0.15, 0.2) is 0 Å². The third kappa shape index (κ3) is 2.91. The molecule has 1 aromatic heterocycles. The van der Waals surface area contributed by atoms with Gasteiger partial charge >= 0.3 is 0 Å². The average molecular weight is 293 g/mol. The minimum atomic E-state index is -3.57. The van der Waals surface area contributed by atoms with Crippen LogP contribution in [0.5, 0.6) is 0 Å². The number of rotatable bonds is 4. The van der Waals surface area contributed by atoms with Crippen molar-refractivity contribution < 1.29 is 8.42 Å². The van der Waals surface area contributed by atoms with Gasteiger partial charge in [-0.15, -0.1) is 0 Å². The summed E-state index contributed by atoms with van der Waals surface area (Å²) >= 11 is 0. The van der Waals surface area contributed by atoms with E-state index in [0.29, 0.717) is 5.69 Å². The van der Waals surface area contributed by atoms with E-state index >= 15 is 0 Å². The molecule has 1 heterocycles. The second kappa shape index (κ2) is 5.38. The number of aromatic nitrogens is 2. The third-order valence-electron chi connectivity index (χ3n) is 3.30. The lowest BCUT2D eigenvalue weighted by Crippen LogP contribution is -2.27. The fraction of sp³-hybridized carbons (Fsp3) is 0.357. The molecule has 0 aliphatic carbocycles. The number of benzene rings is 1. The van der Waals surface area contributed by atoms with E-state index in [0.717, 1.165) is 16.7 Å². The Morgan fingerprint density at radius 3 is 2.50 bits per heavy atom. The zero-order chi connectivity index (χ0) is 14.9. The highest BCUT2D eigenvalue weighted by molar-refractivity contribution is 7.89. The van der Waals surface area contributed by atoms with E-state index in [2.05, 4.69) is 14.9 Å². The lowest BCUT2D eigenvalue weighted by molar-refractivity contribution is 0.566. The van der Waals surface area contributed by atoms with Crippen molar-refractivity contribution in [3.63, 3.8) is 0 Å². The topological polar surface area (TPSA) is 74.8 Å². The van der Waals surface area contributed by atoms with Crippen LogP contribution in [0.4, 0.5) is 0 Å². The Bertz CT molecular complexity index is 720. The Labute approximate surface area is 119 Å². The van der Waals surface area contributed by atoms with Gasteiger partial charge < -0.3 is 0 Å². The highest BCUT2D eigenvalue weighted by atomic mass is 32.2. The summed E-state index contributed by atoms with van der Waals surface area (Å²) in [4.78, 5) is 0.189. The molecule has 5 nitrogen and oxygen atoms in total. The highest BCUT2D eigenvalue weighted by Crippen LogP contribution is 2.21. The monoisotopic (exact) mass is 293 g/mol. The molecule has 20 heavy (non-hydrogen) atoms. The van der Waals surface area contributed by atoms with E-state index in [1.807, 2.05) is 39.0 Å². The summed E-state index contributed by atoms with van der Waals surface area (Å²) < 4.78 is 27.3. The van der Waals surface area contributed by atoms with Crippen molar-refractivity contribution in [2.75, 3.05) is 0 Å². The smallest absolute Gasteiger partial charge is 0.244 e. The first kappa shape index (κ1) is 14.7. The lowest BCUT2D eigenvalue weighted by atomic mass is 10.0. The largest absolute Gasteiger partial charge is 0.281 e. The number of hydrogen-bond acceptors (Lipinski definition) is 3. The number of hydrogen-bond donors (Lipinski definition) is 2. The molecule has 2 rings (SSSR count). The van der Waals surface area contributed by atoms with Crippen LogP contribution in [0.25, 0.3) is 0 Å². The molecular weight excluding hydrogens is 274 g/mol. The molecule has 0 aliphatic heterocycles. The Balaban J connectivity index is 2.28.